The molecule has 3 nitrogen and oxygen atoms in total. The normalized spacial score (nSPS) is 8.33. The van der Waals surface area contributed by atoms with Gasteiger partial charge >= 0.3 is 0 Å². The summed E-state index contributed by atoms with van der Waals surface area (Å²) in [6.45, 7) is 9.83. The van der Waals surface area contributed by atoms with Crippen LogP contribution < -0.4 is 18.6 Å². The average Bonchev–Trinajstić information content (AvgIpc) is 2.05. The number of likely N-dealkylation sites (N-methyl/N-ethyl adjacent to an activating group) is 1. The third kappa shape index (κ3) is 9.23. The molecule has 0 aliphatic carbocycles. The summed E-state index contributed by atoms with van der Waals surface area (Å²) in [5, 5.41) is 0. The zero-order chi connectivity index (χ0) is 10.2. The molecule has 0 unspecified atom stereocenters. The molecule has 0 aliphatic heterocycles. The highest BCUT2D eigenvalue weighted by Gasteiger charge is 2.15. The molecule has 3 N–H and O–H groups in total. The highest BCUT2D eigenvalue weighted by Crippen LogP contribution is 2.02. The lowest BCUT2D eigenvalue weighted by molar-refractivity contribution is -0.892. The molecule has 0 radical (unpaired) electrons. The maximum absolute atomic E-state index is 9.89. The molecule has 0 rings (SSSR count). The van der Waals surface area contributed by atoms with Gasteiger partial charge in [0.15, 0.2) is 5.94 Å². The van der Waals surface area contributed by atoms with E-state index in [1.165, 1.54) is 0 Å². The molecule has 0 atom stereocenters. The van der Waals surface area contributed by atoms with Crippen molar-refractivity contribution >= 4 is 5.94 Å². The van der Waals surface area contributed by atoms with Crippen LogP contribution in [0.5, 0.6) is 0 Å². The molecule has 0 aromatic heterocycles. The van der Waals surface area contributed by atoms with E-state index in [9.17, 15) is 4.79 Å². The Hall–Kier alpha value is -1.08. The first kappa shape index (κ1) is 19.5. The second-order valence-electron chi connectivity index (χ2n) is 3.20. The monoisotopic (exact) mass is 230 g/mol. The predicted molar refractivity (Wildman–Crippen MR) is 60.0 cm³/mol. The minimum atomic E-state index is 0. The predicted octanol–water partition coefficient (Wildman–Crippen LogP) is -1.49. The van der Waals surface area contributed by atoms with E-state index in [4.69, 9.17) is 0 Å². The van der Waals surface area contributed by atoms with E-state index in [2.05, 4.69) is 25.9 Å². The first-order valence-electron chi connectivity index (χ1n) is 4.18. The summed E-state index contributed by atoms with van der Waals surface area (Å²) in [7, 11) is 2.08. The quantitative estimate of drug-likeness (QED) is 0.262. The second-order valence-corrected chi connectivity index (χ2v) is 3.20. The maximum atomic E-state index is 9.89. The lowest BCUT2D eigenvalue weighted by Gasteiger charge is -2.30. The van der Waals surface area contributed by atoms with Crippen molar-refractivity contribution in [2.45, 2.75) is 0 Å². The minimum absolute atomic E-state index is 0. The van der Waals surface area contributed by atoms with Crippen molar-refractivity contribution in [2.75, 3.05) is 26.7 Å². The molecule has 4 heteroatoms. The maximum Gasteiger partial charge on any atom is 0.176 e. The summed E-state index contributed by atoms with van der Waals surface area (Å²) in [6, 6.07) is 0. The van der Waals surface area contributed by atoms with Crippen LogP contribution in [-0.4, -0.2) is 37.1 Å². The Kier molecular flexibility index (Phi) is 14.3. The van der Waals surface area contributed by atoms with Crippen molar-refractivity contribution in [1.29, 1.82) is 0 Å². The van der Waals surface area contributed by atoms with Crippen molar-refractivity contribution in [3.8, 4) is 0 Å². The van der Waals surface area contributed by atoms with Gasteiger partial charge < -0.3 is 23.0 Å². The standard InChI is InChI=1S/C11H16NO.ClH.H3N/c1-4-8-12(3,9-5-2)10-6-7-11-13;;/h4-6H,1-2,8-10H2,3H3;1H;1H3/q+1;;/p-1. The molecule has 0 aromatic rings. The van der Waals surface area contributed by atoms with Gasteiger partial charge in [-0.1, -0.05) is 13.2 Å². The number of quaternary nitrogens is 1. The molecule has 0 saturated heterocycles. The van der Waals surface area contributed by atoms with Gasteiger partial charge in [0.05, 0.1) is 20.1 Å². The van der Waals surface area contributed by atoms with Crippen LogP contribution in [0.1, 0.15) is 0 Å². The Bertz CT molecular complexity index is 254. The van der Waals surface area contributed by atoms with E-state index in [0.717, 1.165) is 24.1 Å². The fraction of sp³-hybridized carbons (Fsp3) is 0.364. The molecule has 0 aliphatic rings. The molecule has 0 fully saturated rings. The van der Waals surface area contributed by atoms with E-state index in [-0.39, 0.29) is 18.6 Å². The van der Waals surface area contributed by atoms with E-state index in [1.54, 1.807) is 12.0 Å². The third-order valence-corrected chi connectivity index (χ3v) is 1.83. The fourth-order valence-electron chi connectivity index (χ4n) is 1.15. The Morgan fingerprint density at radius 1 is 1.20 bits per heavy atom. The van der Waals surface area contributed by atoms with E-state index in [0.29, 0.717) is 0 Å². The summed E-state index contributed by atoms with van der Waals surface area (Å²) in [4.78, 5) is 9.89. The van der Waals surface area contributed by atoms with Gasteiger partial charge in [-0.25, -0.2) is 4.79 Å². The molecular weight excluding hydrogens is 212 g/mol. The second kappa shape index (κ2) is 11.0. The first-order chi connectivity index (χ1) is 6.18. The van der Waals surface area contributed by atoms with Crippen LogP contribution in [0.2, 0.25) is 0 Å². The Morgan fingerprint density at radius 3 is 2.00 bits per heavy atom. The zero-order valence-corrected chi connectivity index (χ0v) is 9.96. The topological polar surface area (TPSA) is 52.1 Å². The highest BCUT2D eigenvalue weighted by atomic mass is 35.5. The van der Waals surface area contributed by atoms with Gasteiger partial charge in [-0.05, 0) is 17.9 Å². The summed E-state index contributed by atoms with van der Waals surface area (Å²) in [5.41, 5.74) is 2.41. The fourth-order valence-corrected chi connectivity index (χ4v) is 1.15. The largest absolute Gasteiger partial charge is 1.00 e. The number of nitrogens with zero attached hydrogens (tertiary/aromatic N) is 1. The number of carbonyl (C=O) groups excluding carboxylic acids is 1. The van der Waals surface area contributed by atoms with Gasteiger partial charge in [-0.2, -0.15) is 0 Å². The van der Waals surface area contributed by atoms with Crippen LogP contribution in [0, 0.1) is 0 Å². The minimum Gasteiger partial charge on any atom is -1.00 e. The van der Waals surface area contributed by atoms with Crippen molar-refractivity contribution < 1.29 is 21.7 Å². The molecule has 0 spiro atoms. The molecule has 0 amide bonds. The third-order valence-electron chi connectivity index (χ3n) is 1.83. The summed E-state index contributed by atoms with van der Waals surface area (Å²) < 4.78 is 0.766. The van der Waals surface area contributed by atoms with Crippen molar-refractivity contribution in [1.82, 2.24) is 6.15 Å². The smallest absolute Gasteiger partial charge is 0.176 e. The van der Waals surface area contributed by atoms with E-state index in [1.807, 2.05) is 12.2 Å². The summed E-state index contributed by atoms with van der Waals surface area (Å²) in [6.07, 6.45) is 5.42. The molecule has 0 aromatic carbocycles. The zero-order valence-electron chi connectivity index (χ0n) is 9.21. The van der Waals surface area contributed by atoms with Crippen molar-refractivity contribution in [3.05, 3.63) is 37.1 Å². The Balaban J connectivity index is -0.000000720. The first-order valence-corrected chi connectivity index (χ1v) is 4.18. The van der Waals surface area contributed by atoms with Crippen LogP contribution >= 0.6 is 0 Å². The SMILES string of the molecule is C=CC[N+](C)(CC=C)CC=C=C=O.N.[Cl-]. The number of hydrogen-bond donors (Lipinski definition) is 1. The lowest BCUT2D eigenvalue weighted by atomic mass is 10.3. The molecular formula is C11H19ClN2O. The molecule has 15 heavy (non-hydrogen) atoms. The van der Waals surface area contributed by atoms with Crippen LogP contribution in [0.15, 0.2) is 37.1 Å². The summed E-state index contributed by atoms with van der Waals surface area (Å²) >= 11 is 0. The number of halogens is 1. The van der Waals surface area contributed by atoms with Gasteiger partial charge in [0.1, 0.15) is 6.54 Å². The van der Waals surface area contributed by atoms with E-state index < -0.39 is 0 Å². The number of rotatable bonds is 6. The van der Waals surface area contributed by atoms with Gasteiger partial charge in [-0.3, -0.25) is 0 Å². The summed E-state index contributed by atoms with van der Waals surface area (Å²) in [5.74, 6) is 1.61. The van der Waals surface area contributed by atoms with Gasteiger partial charge in [0.25, 0.3) is 0 Å². The lowest BCUT2D eigenvalue weighted by Crippen LogP contribution is -3.00. The molecule has 86 valence electrons. The Morgan fingerprint density at radius 2 is 1.67 bits per heavy atom. The molecule has 0 saturated carbocycles. The van der Waals surface area contributed by atoms with Gasteiger partial charge in [0.2, 0.25) is 0 Å². The van der Waals surface area contributed by atoms with Crippen LogP contribution in [0.25, 0.3) is 0 Å². The van der Waals surface area contributed by atoms with Crippen molar-refractivity contribution in [2.24, 2.45) is 0 Å². The molecule has 0 heterocycles. The van der Waals surface area contributed by atoms with Gasteiger partial charge in [-0.15, -0.1) is 0 Å². The van der Waals surface area contributed by atoms with Crippen LogP contribution in [-0.2, 0) is 4.79 Å². The molecule has 0 bridgehead atoms. The average molecular weight is 231 g/mol. The van der Waals surface area contributed by atoms with Crippen LogP contribution in [0.3, 0.4) is 0 Å². The van der Waals surface area contributed by atoms with Gasteiger partial charge in [0, 0.05) is 6.08 Å². The highest BCUT2D eigenvalue weighted by molar-refractivity contribution is 5.43. The van der Waals surface area contributed by atoms with Crippen molar-refractivity contribution in [3.63, 3.8) is 0 Å². The van der Waals surface area contributed by atoms with E-state index >= 15 is 0 Å². The Labute approximate surface area is 98.1 Å². The number of hydrogen-bond acceptors (Lipinski definition) is 2. The van der Waals surface area contributed by atoms with Crippen LogP contribution in [0.4, 0.5) is 0 Å².